The topological polar surface area (TPSA) is 179 Å². The van der Waals surface area contributed by atoms with Crippen molar-refractivity contribution in [2.75, 3.05) is 23.7 Å². The number of thiazole rings is 2. The van der Waals surface area contributed by atoms with E-state index in [0.717, 1.165) is 16.3 Å². The smallest absolute Gasteiger partial charge is 0.242 e. The van der Waals surface area contributed by atoms with E-state index in [4.69, 9.17) is 5.73 Å². The van der Waals surface area contributed by atoms with E-state index in [1.807, 2.05) is 6.20 Å². The van der Waals surface area contributed by atoms with Gasteiger partial charge >= 0.3 is 0 Å². The summed E-state index contributed by atoms with van der Waals surface area (Å²) in [4.78, 5) is 27.4. The highest BCUT2D eigenvalue weighted by atomic mass is 32.1. The third-order valence-corrected chi connectivity index (χ3v) is 11.6. The Hall–Kier alpha value is -5.14. The second-order valence-corrected chi connectivity index (χ2v) is 15.3. The summed E-state index contributed by atoms with van der Waals surface area (Å²) < 4.78 is 55.5. The standard InChI is InChI=1S/C18H18F2N6S.C17H17F2N7S/c1-2-12-8-22-16(27-12)14-9-23-17(26-25-14)24-10-18(6-11(19)7-18)15-13(20)4-3-5-21-15;18-10-4-17(5-10,14-12(19)2-1-3-21-14)9-24-16-23-8-13(25-26-16)15-22-7-11(6-20)27-15/h3-5,8-9,11H,2,6-7,10H2,1H3,(H,23,24,26);1-3,7-8,10H,4-6,9,20H2,(H,23,24,26). The molecule has 0 atom stereocenters. The Labute approximate surface area is 315 Å². The maximum Gasteiger partial charge on any atom is 0.242 e. The van der Waals surface area contributed by atoms with E-state index in [-0.39, 0.29) is 49.6 Å². The molecule has 6 aromatic rings. The Morgan fingerprint density at radius 3 is 1.48 bits per heavy atom. The maximum absolute atomic E-state index is 14.2. The molecule has 2 saturated carbocycles. The van der Waals surface area contributed by atoms with Gasteiger partial charge in [0.25, 0.3) is 0 Å². The molecule has 0 aromatic carbocycles. The fraction of sp³-hybridized carbons (Fsp3) is 0.371. The minimum absolute atomic E-state index is 0.209. The van der Waals surface area contributed by atoms with Crippen LogP contribution in [0.25, 0.3) is 21.4 Å². The number of hydrogen-bond acceptors (Lipinski definition) is 15. The van der Waals surface area contributed by atoms with E-state index in [0.29, 0.717) is 35.4 Å². The first-order valence-corrected chi connectivity index (χ1v) is 18.8. The summed E-state index contributed by atoms with van der Waals surface area (Å²) in [6.45, 7) is 3.05. The van der Waals surface area contributed by atoms with Gasteiger partial charge < -0.3 is 16.4 Å². The molecule has 6 aromatic heterocycles. The van der Waals surface area contributed by atoms with Crippen molar-refractivity contribution in [3.05, 3.63) is 94.2 Å². The minimum Gasteiger partial charge on any atom is -0.352 e. The van der Waals surface area contributed by atoms with Crippen molar-refractivity contribution < 1.29 is 17.6 Å². The van der Waals surface area contributed by atoms with Crippen molar-refractivity contribution >= 4 is 34.6 Å². The lowest BCUT2D eigenvalue weighted by atomic mass is 9.65. The van der Waals surface area contributed by atoms with E-state index >= 15 is 0 Å². The summed E-state index contributed by atoms with van der Waals surface area (Å²) in [5, 5.41) is 23.9. The molecule has 0 saturated heterocycles. The van der Waals surface area contributed by atoms with E-state index < -0.39 is 34.8 Å². The first-order valence-electron chi connectivity index (χ1n) is 17.2. The molecule has 8 rings (SSSR count). The largest absolute Gasteiger partial charge is 0.352 e. The second-order valence-electron chi connectivity index (χ2n) is 13.1. The quantitative estimate of drug-likeness (QED) is 0.123. The third kappa shape index (κ3) is 8.02. The van der Waals surface area contributed by atoms with Crippen molar-refractivity contribution in [1.82, 2.24) is 50.3 Å². The molecule has 6 heterocycles. The van der Waals surface area contributed by atoms with Crippen LogP contribution in [0.5, 0.6) is 0 Å². The number of nitrogens with one attached hydrogen (secondary N) is 2. The SMILES string of the molecule is CCc1cnc(-c2cnc(NCC3(c4ncccc4F)CC(F)C3)nn2)s1.NCc1cnc(-c2cnc(NCC3(c4ncccc4F)CC(F)C3)nn2)s1. The van der Waals surface area contributed by atoms with Crippen molar-refractivity contribution in [3.63, 3.8) is 0 Å². The summed E-state index contributed by atoms with van der Waals surface area (Å²) in [5.41, 5.74) is 5.88. The fourth-order valence-electron chi connectivity index (χ4n) is 6.49. The fourth-order valence-corrected chi connectivity index (χ4v) is 8.03. The monoisotopic (exact) mass is 777 g/mol. The lowest BCUT2D eigenvalue weighted by Crippen LogP contribution is -2.49. The summed E-state index contributed by atoms with van der Waals surface area (Å²) >= 11 is 2.99. The molecular weight excluding hydrogens is 743 g/mol. The molecule has 0 spiro atoms. The van der Waals surface area contributed by atoms with Gasteiger partial charge in [0, 0.05) is 65.0 Å². The van der Waals surface area contributed by atoms with Gasteiger partial charge in [-0.15, -0.1) is 43.1 Å². The van der Waals surface area contributed by atoms with Crippen LogP contribution in [-0.2, 0) is 23.8 Å². The Bertz CT molecular complexity index is 2000. The van der Waals surface area contributed by atoms with E-state index in [1.165, 1.54) is 52.9 Å². The minimum atomic E-state index is -0.962. The average Bonchev–Trinajstić information content (AvgIpc) is 3.86. The third-order valence-electron chi connectivity index (χ3n) is 9.36. The number of aryl methyl sites for hydroxylation is 1. The highest BCUT2D eigenvalue weighted by Crippen LogP contribution is 2.46. The molecule has 0 radical (unpaired) electrons. The second kappa shape index (κ2) is 16.1. The number of nitrogens with two attached hydrogens (primary N) is 1. The van der Waals surface area contributed by atoms with Crippen LogP contribution in [0.2, 0.25) is 0 Å². The lowest BCUT2D eigenvalue weighted by Gasteiger charge is -2.43. The van der Waals surface area contributed by atoms with Gasteiger partial charge in [0.2, 0.25) is 11.9 Å². The van der Waals surface area contributed by atoms with Crippen LogP contribution < -0.4 is 16.4 Å². The zero-order valence-electron chi connectivity index (χ0n) is 29.0. The molecule has 2 aliphatic rings. The van der Waals surface area contributed by atoms with Gasteiger partial charge in [-0.1, -0.05) is 6.92 Å². The van der Waals surface area contributed by atoms with Crippen molar-refractivity contribution in [2.24, 2.45) is 5.73 Å². The first kappa shape index (κ1) is 37.2. The summed E-state index contributed by atoms with van der Waals surface area (Å²) in [6.07, 6.45) is 9.58. The van der Waals surface area contributed by atoms with Crippen LogP contribution in [0, 0.1) is 11.6 Å². The summed E-state index contributed by atoms with van der Waals surface area (Å²) in [5.74, 6) is -0.257. The molecule has 13 nitrogen and oxygen atoms in total. The number of rotatable bonds is 12. The van der Waals surface area contributed by atoms with E-state index in [1.54, 1.807) is 29.9 Å². The first-order chi connectivity index (χ1) is 26.2. The highest BCUT2D eigenvalue weighted by molar-refractivity contribution is 7.15. The van der Waals surface area contributed by atoms with Crippen LogP contribution in [-0.4, -0.2) is 75.7 Å². The molecule has 54 heavy (non-hydrogen) atoms. The normalized spacial score (nSPS) is 21.7. The summed E-state index contributed by atoms with van der Waals surface area (Å²) in [7, 11) is 0. The maximum atomic E-state index is 14.2. The molecule has 0 unspecified atom stereocenters. The van der Waals surface area contributed by atoms with Gasteiger partial charge in [-0.2, -0.15) is 0 Å². The highest BCUT2D eigenvalue weighted by Gasteiger charge is 2.49. The molecule has 19 heteroatoms. The van der Waals surface area contributed by atoms with Crippen LogP contribution >= 0.6 is 22.7 Å². The lowest BCUT2D eigenvalue weighted by molar-refractivity contribution is 0.0960. The number of alkyl halides is 2. The van der Waals surface area contributed by atoms with Crippen LogP contribution in [0.3, 0.4) is 0 Å². The molecule has 280 valence electrons. The molecule has 0 bridgehead atoms. The van der Waals surface area contributed by atoms with Gasteiger partial charge in [-0.05, 0) is 56.4 Å². The van der Waals surface area contributed by atoms with E-state index in [9.17, 15) is 17.6 Å². The Morgan fingerprint density at radius 2 is 1.13 bits per heavy atom. The number of halogens is 4. The Kier molecular flexibility index (Phi) is 11.1. The van der Waals surface area contributed by atoms with Gasteiger partial charge in [-0.3, -0.25) is 9.97 Å². The zero-order chi connectivity index (χ0) is 37.7. The summed E-state index contributed by atoms with van der Waals surface area (Å²) in [6, 6.07) is 5.74. The zero-order valence-corrected chi connectivity index (χ0v) is 30.6. The number of anilines is 2. The van der Waals surface area contributed by atoms with Gasteiger partial charge in [0.15, 0.2) is 0 Å². The number of hydrogen-bond donors (Lipinski definition) is 3. The van der Waals surface area contributed by atoms with Gasteiger partial charge in [0.05, 0.1) is 23.8 Å². The molecule has 0 amide bonds. The van der Waals surface area contributed by atoms with E-state index in [2.05, 4.69) is 67.9 Å². The number of nitrogens with zero attached hydrogens (tertiary/aromatic N) is 10. The molecule has 2 fully saturated rings. The average molecular weight is 778 g/mol. The van der Waals surface area contributed by atoms with Crippen molar-refractivity contribution in [2.45, 2.75) is 68.7 Å². The molecular formula is C35H35F4N13S2. The number of pyridine rings is 2. The molecule has 4 N–H and O–H groups in total. The van der Waals surface area contributed by atoms with Crippen LogP contribution in [0.1, 0.15) is 53.7 Å². The van der Waals surface area contributed by atoms with Gasteiger partial charge in [0.1, 0.15) is 45.4 Å². The van der Waals surface area contributed by atoms with Crippen LogP contribution in [0.4, 0.5) is 29.5 Å². The Morgan fingerprint density at radius 1 is 0.667 bits per heavy atom. The van der Waals surface area contributed by atoms with Crippen molar-refractivity contribution in [1.29, 1.82) is 0 Å². The Balaban J connectivity index is 0.000000167. The predicted octanol–water partition coefficient (Wildman–Crippen LogP) is 6.04. The van der Waals surface area contributed by atoms with Crippen molar-refractivity contribution in [3.8, 4) is 21.4 Å². The van der Waals surface area contributed by atoms with Gasteiger partial charge in [-0.25, -0.2) is 37.5 Å². The predicted molar refractivity (Wildman–Crippen MR) is 196 cm³/mol. The number of aromatic nitrogens is 10. The van der Waals surface area contributed by atoms with Crippen LogP contribution in [0.15, 0.2) is 61.4 Å². The molecule has 2 aliphatic carbocycles. The molecule has 0 aliphatic heterocycles.